The molecule has 3 aromatic rings. The topological polar surface area (TPSA) is 63.1 Å². The number of nitrogens with zero attached hydrogens (tertiary/aromatic N) is 4. The van der Waals surface area contributed by atoms with Crippen LogP contribution in [0, 0.1) is 18.3 Å². The molecule has 3 rings (SSSR count). The zero-order valence-corrected chi connectivity index (χ0v) is 10.9. The number of fused-ring (bicyclic) bond motifs is 1. The van der Waals surface area contributed by atoms with Gasteiger partial charge in [0.2, 0.25) is 0 Å². The summed E-state index contributed by atoms with van der Waals surface area (Å²) in [6.45, 7) is 2.33. The summed E-state index contributed by atoms with van der Waals surface area (Å²) in [5, 5.41) is 13.2. The van der Waals surface area contributed by atoms with E-state index in [1.54, 1.807) is 24.4 Å². The van der Waals surface area contributed by atoms with Crippen molar-refractivity contribution in [2.24, 2.45) is 0 Å². The normalized spacial score (nSPS) is 10.6. The largest absolute Gasteiger partial charge is 0.350 e. The van der Waals surface area contributed by atoms with E-state index in [-0.39, 0.29) is 5.69 Å². The zero-order valence-electron chi connectivity index (χ0n) is 10.9. The van der Waals surface area contributed by atoms with Crippen molar-refractivity contribution in [3.63, 3.8) is 0 Å². The number of rotatable bonds is 2. The van der Waals surface area contributed by atoms with E-state index in [0.29, 0.717) is 17.8 Å². The highest BCUT2D eigenvalue weighted by atomic mass is 16.2. The summed E-state index contributed by atoms with van der Waals surface area (Å²) in [6.07, 6.45) is 1.70. The van der Waals surface area contributed by atoms with Crippen molar-refractivity contribution in [3.8, 4) is 6.07 Å². The van der Waals surface area contributed by atoms with Crippen molar-refractivity contribution in [2.75, 3.05) is 0 Å². The molecule has 98 valence electrons. The van der Waals surface area contributed by atoms with E-state index in [1.807, 2.05) is 25.1 Å². The molecule has 0 fully saturated rings. The third-order valence-corrected chi connectivity index (χ3v) is 3.28. The van der Waals surface area contributed by atoms with E-state index in [1.165, 1.54) is 9.08 Å². The van der Waals surface area contributed by atoms with E-state index < -0.39 is 0 Å². The first kappa shape index (κ1) is 12.2. The highest BCUT2D eigenvalue weighted by molar-refractivity contribution is 5.38. The van der Waals surface area contributed by atoms with Crippen LogP contribution in [0.5, 0.6) is 0 Å². The lowest BCUT2D eigenvalue weighted by atomic mass is 10.1. The molecule has 0 N–H and O–H groups in total. The molecule has 5 nitrogen and oxygen atoms in total. The van der Waals surface area contributed by atoms with Gasteiger partial charge in [0.05, 0.1) is 18.2 Å². The Hall–Kier alpha value is -2.87. The standard InChI is InChI=1S/C15H12N4O/c1-11-8-12(9-16)5-6-13(11)10-19-15(20)18-7-3-2-4-14(18)17-19/h2-8H,10H2,1H3. The fourth-order valence-corrected chi connectivity index (χ4v) is 2.18. The molecule has 0 spiro atoms. The van der Waals surface area contributed by atoms with E-state index in [9.17, 15) is 4.79 Å². The monoisotopic (exact) mass is 264 g/mol. The molecule has 1 aromatic carbocycles. The Bertz CT molecular complexity index is 883. The second kappa shape index (κ2) is 4.67. The minimum absolute atomic E-state index is 0.163. The van der Waals surface area contributed by atoms with Crippen LogP contribution in [-0.4, -0.2) is 14.2 Å². The van der Waals surface area contributed by atoms with Gasteiger partial charge >= 0.3 is 5.69 Å². The number of aromatic nitrogens is 3. The number of benzene rings is 1. The molecule has 0 saturated carbocycles. The lowest BCUT2D eigenvalue weighted by molar-refractivity contribution is 0.656. The fraction of sp³-hybridized carbons (Fsp3) is 0.133. The predicted molar refractivity (Wildman–Crippen MR) is 74.4 cm³/mol. The van der Waals surface area contributed by atoms with E-state index >= 15 is 0 Å². The molecule has 2 aromatic heterocycles. The lowest BCUT2D eigenvalue weighted by Crippen LogP contribution is -2.21. The molecule has 0 atom stereocenters. The Morgan fingerprint density at radius 1 is 1.30 bits per heavy atom. The number of nitriles is 1. The zero-order chi connectivity index (χ0) is 14.1. The maximum Gasteiger partial charge on any atom is 0.350 e. The van der Waals surface area contributed by atoms with Gasteiger partial charge < -0.3 is 0 Å². The first-order valence-electron chi connectivity index (χ1n) is 6.23. The van der Waals surface area contributed by atoms with Crippen molar-refractivity contribution in [1.29, 1.82) is 5.26 Å². The van der Waals surface area contributed by atoms with Gasteiger partial charge in [-0.25, -0.2) is 9.48 Å². The number of hydrogen-bond donors (Lipinski definition) is 0. The highest BCUT2D eigenvalue weighted by Crippen LogP contribution is 2.11. The Kier molecular flexibility index (Phi) is 2.84. The van der Waals surface area contributed by atoms with Crippen LogP contribution in [-0.2, 0) is 6.54 Å². The smallest absolute Gasteiger partial charge is 0.250 e. The minimum atomic E-state index is -0.163. The van der Waals surface area contributed by atoms with Gasteiger partial charge in [-0.2, -0.15) is 5.26 Å². The van der Waals surface area contributed by atoms with Crippen LogP contribution >= 0.6 is 0 Å². The van der Waals surface area contributed by atoms with Crippen LogP contribution in [0.2, 0.25) is 0 Å². The third-order valence-electron chi connectivity index (χ3n) is 3.28. The average molecular weight is 264 g/mol. The summed E-state index contributed by atoms with van der Waals surface area (Å²) < 4.78 is 2.95. The summed E-state index contributed by atoms with van der Waals surface area (Å²) in [4.78, 5) is 12.2. The summed E-state index contributed by atoms with van der Waals surface area (Å²) in [5.74, 6) is 0. The van der Waals surface area contributed by atoms with Gasteiger partial charge in [-0.3, -0.25) is 4.40 Å². The van der Waals surface area contributed by atoms with Gasteiger partial charge in [0.25, 0.3) is 0 Å². The van der Waals surface area contributed by atoms with Crippen LogP contribution < -0.4 is 5.69 Å². The minimum Gasteiger partial charge on any atom is -0.250 e. The lowest BCUT2D eigenvalue weighted by Gasteiger charge is -2.05. The number of pyridine rings is 1. The Labute approximate surface area is 115 Å². The van der Waals surface area contributed by atoms with Crippen LogP contribution in [0.25, 0.3) is 5.65 Å². The molecule has 2 heterocycles. The van der Waals surface area contributed by atoms with Gasteiger partial charge in [-0.15, -0.1) is 5.10 Å². The average Bonchev–Trinajstić information content (AvgIpc) is 2.78. The van der Waals surface area contributed by atoms with Gasteiger partial charge in [-0.05, 0) is 42.3 Å². The molecule has 0 aliphatic carbocycles. The molecule has 0 radical (unpaired) electrons. The maximum absolute atomic E-state index is 12.2. The van der Waals surface area contributed by atoms with Crippen molar-refractivity contribution in [1.82, 2.24) is 14.2 Å². The maximum atomic E-state index is 12.2. The molecule has 5 heteroatoms. The fourth-order valence-electron chi connectivity index (χ4n) is 2.18. The first-order valence-corrected chi connectivity index (χ1v) is 6.23. The van der Waals surface area contributed by atoms with Crippen molar-refractivity contribution in [2.45, 2.75) is 13.5 Å². The molecule has 0 aliphatic heterocycles. The number of aryl methyl sites for hydroxylation is 1. The second-order valence-electron chi connectivity index (χ2n) is 4.62. The van der Waals surface area contributed by atoms with Gasteiger partial charge in [-0.1, -0.05) is 12.1 Å². The van der Waals surface area contributed by atoms with Crippen LogP contribution in [0.4, 0.5) is 0 Å². The van der Waals surface area contributed by atoms with E-state index in [0.717, 1.165) is 11.1 Å². The third kappa shape index (κ3) is 1.97. The van der Waals surface area contributed by atoms with E-state index in [2.05, 4.69) is 11.2 Å². The van der Waals surface area contributed by atoms with Gasteiger partial charge in [0.15, 0.2) is 5.65 Å². The van der Waals surface area contributed by atoms with Crippen molar-refractivity contribution >= 4 is 5.65 Å². The Balaban J connectivity index is 2.04. The summed E-state index contributed by atoms with van der Waals surface area (Å²) >= 11 is 0. The van der Waals surface area contributed by atoms with Gasteiger partial charge in [0, 0.05) is 6.20 Å². The van der Waals surface area contributed by atoms with Crippen molar-refractivity contribution in [3.05, 3.63) is 69.8 Å². The highest BCUT2D eigenvalue weighted by Gasteiger charge is 2.08. The van der Waals surface area contributed by atoms with Crippen molar-refractivity contribution < 1.29 is 0 Å². The molecular formula is C15H12N4O. The second-order valence-corrected chi connectivity index (χ2v) is 4.62. The molecule has 0 aliphatic rings. The first-order chi connectivity index (χ1) is 9.69. The molecule has 0 saturated heterocycles. The van der Waals surface area contributed by atoms with Crippen LogP contribution in [0.1, 0.15) is 16.7 Å². The molecular weight excluding hydrogens is 252 g/mol. The van der Waals surface area contributed by atoms with Gasteiger partial charge in [0.1, 0.15) is 0 Å². The Morgan fingerprint density at radius 3 is 2.85 bits per heavy atom. The molecule has 0 amide bonds. The van der Waals surface area contributed by atoms with Crippen LogP contribution in [0.3, 0.4) is 0 Å². The predicted octanol–water partition coefficient (Wildman–Crippen LogP) is 1.72. The Morgan fingerprint density at radius 2 is 2.15 bits per heavy atom. The summed E-state index contributed by atoms with van der Waals surface area (Å²) in [6, 6.07) is 13.0. The quantitative estimate of drug-likeness (QED) is 0.708. The summed E-state index contributed by atoms with van der Waals surface area (Å²) in [5.41, 5.74) is 3.05. The van der Waals surface area contributed by atoms with E-state index in [4.69, 9.17) is 5.26 Å². The summed E-state index contributed by atoms with van der Waals surface area (Å²) in [7, 11) is 0. The molecule has 0 unspecified atom stereocenters. The van der Waals surface area contributed by atoms with Crippen LogP contribution in [0.15, 0.2) is 47.4 Å². The molecule has 0 bridgehead atoms. The molecule has 20 heavy (non-hydrogen) atoms. The SMILES string of the molecule is Cc1cc(C#N)ccc1Cn1nc2ccccn2c1=O. The number of hydrogen-bond acceptors (Lipinski definition) is 3.